The maximum Gasteiger partial charge on any atom is 0.0706 e. The quantitative estimate of drug-likeness (QED) is 0.709. The van der Waals surface area contributed by atoms with Gasteiger partial charge in [0, 0.05) is 31.4 Å². The van der Waals surface area contributed by atoms with Gasteiger partial charge < -0.3 is 10.6 Å². The summed E-state index contributed by atoms with van der Waals surface area (Å²) in [6, 6.07) is 6.13. The highest BCUT2D eigenvalue weighted by Gasteiger charge is 2.01. The first-order chi connectivity index (χ1) is 8.42. The van der Waals surface area contributed by atoms with E-state index in [1.54, 1.807) is 0 Å². The first-order valence-corrected chi connectivity index (χ1v) is 6.24. The van der Waals surface area contributed by atoms with Crippen LogP contribution in [0.1, 0.15) is 18.9 Å². The normalized spacial score (nSPS) is 11.1. The summed E-state index contributed by atoms with van der Waals surface area (Å²) in [6.45, 7) is 6.16. The van der Waals surface area contributed by atoms with Gasteiger partial charge in [-0.3, -0.25) is 0 Å². The second-order valence-electron chi connectivity index (χ2n) is 4.13. The van der Waals surface area contributed by atoms with Crippen LogP contribution in [0.25, 0.3) is 5.52 Å². The molecule has 0 aliphatic carbocycles. The molecule has 2 N–H and O–H groups in total. The largest absolute Gasteiger partial charge is 0.315 e. The Bertz CT molecular complexity index is 449. The van der Waals surface area contributed by atoms with E-state index in [1.165, 1.54) is 17.5 Å². The molecule has 92 valence electrons. The standard InChI is InChI=1S/C13H20N4/c1-2-6-14-7-8-15-10-12-11-16-17-9-4-3-5-13(12)17/h3-5,9,11,14-15H,2,6-8,10H2,1H3. The van der Waals surface area contributed by atoms with Crippen LogP contribution in [0.3, 0.4) is 0 Å². The molecule has 0 aliphatic rings. The fourth-order valence-electron chi connectivity index (χ4n) is 1.83. The minimum Gasteiger partial charge on any atom is -0.315 e. The van der Waals surface area contributed by atoms with Gasteiger partial charge in [-0.05, 0) is 25.1 Å². The minimum atomic E-state index is 0.876. The average Bonchev–Trinajstić information content (AvgIpc) is 2.77. The number of fused-ring (bicyclic) bond motifs is 1. The van der Waals surface area contributed by atoms with Crippen molar-refractivity contribution in [3.63, 3.8) is 0 Å². The third-order valence-corrected chi connectivity index (χ3v) is 2.73. The Morgan fingerprint density at radius 1 is 1.18 bits per heavy atom. The van der Waals surface area contributed by atoms with E-state index in [4.69, 9.17) is 0 Å². The third-order valence-electron chi connectivity index (χ3n) is 2.73. The van der Waals surface area contributed by atoms with Crippen molar-refractivity contribution in [1.29, 1.82) is 0 Å². The lowest BCUT2D eigenvalue weighted by molar-refractivity contribution is 0.608. The number of rotatable bonds is 7. The number of nitrogens with one attached hydrogen (secondary N) is 2. The molecule has 0 aliphatic heterocycles. The second-order valence-corrected chi connectivity index (χ2v) is 4.13. The first kappa shape index (κ1) is 12.1. The summed E-state index contributed by atoms with van der Waals surface area (Å²) in [6.07, 6.45) is 5.09. The van der Waals surface area contributed by atoms with Crippen molar-refractivity contribution in [1.82, 2.24) is 20.2 Å². The van der Waals surface area contributed by atoms with Crippen LogP contribution in [-0.2, 0) is 6.54 Å². The monoisotopic (exact) mass is 232 g/mol. The van der Waals surface area contributed by atoms with Gasteiger partial charge in [0.25, 0.3) is 0 Å². The van der Waals surface area contributed by atoms with Gasteiger partial charge in [-0.25, -0.2) is 4.52 Å². The zero-order valence-electron chi connectivity index (χ0n) is 10.3. The molecule has 0 fully saturated rings. The summed E-state index contributed by atoms with van der Waals surface area (Å²) >= 11 is 0. The Balaban J connectivity index is 1.79. The van der Waals surface area contributed by atoms with Crippen molar-refractivity contribution < 1.29 is 0 Å². The molecule has 0 saturated carbocycles. The lowest BCUT2D eigenvalue weighted by Crippen LogP contribution is -2.27. The Labute approximate surface area is 102 Å². The fraction of sp³-hybridized carbons (Fsp3) is 0.462. The van der Waals surface area contributed by atoms with E-state index in [0.717, 1.165) is 26.2 Å². The molecule has 2 aromatic heterocycles. The molecule has 0 radical (unpaired) electrons. The third kappa shape index (κ3) is 3.28. The summed E-state index contributed by atoms with van der Waals surface area (Å²) in [5.74, 6) is 0. The van der Waals surface area contributed by atoms with Crippen LogP contribution in [0, 0.1) is 0 Å². The summed E-state index contributed by atoms with van der Waals surface area (Å²) < 4.78 is 1.91. The highest BCUT2D eigenvalue weighted by atomic mass is 15.2. The maximum absolute atomic E-state index is 4.31. The molecule has 4 heteroatoms. The number of pyridine rings is 1. The van der Waals surface area contributed by atoms with Crippen molar-refractivity contribution in [2.24, 2.45) is 0 Å². The molecule has 0 spiro atoms. The molecule has 2 heterocycles. The van der Waals surface area contributed by atoms with E-state index in [9.17, 15) is 0 Å². The molecule has 0 atom stereocenters. The first-order valence-electron chi connectivity index (χ1n) is 6.24. The van der Waals surface area contributed by atoms with Crippen LogP contribution in [0.15, 0.2) is 30.6 Å². The molecule has 0 unspecified atom stereocenters. The van der Waals surface area contributed by atoms with Gasteiger partial charge in [-0.15, -0.1) is 0 Å². The van der Waals surface area contributed by atoms with Gasteiger partial charge in [0.1, 0.15) is 0 Å². The Morgan fingerprint density at radius 2 is 2.06 bits per heavy atom. The maximum atomic E-state index is 4.31. The lowest BCUT2D eigenvalue weighted by atomic mass is 10.2. The fourth-order valence-corrected chi connectivity index (χ4v) is 1.83. The van der Waals surface area contributed by atoms with Gasteiger partial charge in [0.05, 0.1) is 11.7 Å². The van der Waals surface area contributed by atoms with Crippen molar-refractivity contribution in [2.45, 2.75) is 19.9 Å². The Kier molecular flexibility index (Phi) is 4.53. The number of hydrogen-bond acceptors (Lipinski definition) is 3. The molecule has 0 aromatic carbocycles. The number of hydrogen-bond donors (Lipinski definition) is 2. The highest BCUT2D eigenvalue weighted by molar-refractivity contribution is 5.53. The van der Waals surface area contributed by atoms with E-state index in [2.05, 4.69) is 28.7 Å². The van der Waals surface area contributed by atoms with E-state index in [1.807, 2.05) is 29.0 Å². The van der Waals surface area contributed by atoms with Crippen molar-refractivity contribution in [3.8, 4) is 0 Å². The van der Waals surface area contributed by atoms with Gasteiger partial charge in [-0.2, -0.15) is 5.10 Å². The van der Waals surface area contributed by atoms with Gasteiger partial charge in [-0.1, -0.05) is 13.0 Å². The molecular formula is C13H20N4. The van der Waals surface area contributed by atoms with Crippen LogP contribution in [0.4, 0.5) is 0 Å². The molecule has 0 bridgehead atoms. The number of aromatic nitrogens is 2. The lowest BCUT2D eigenvalue weighted by Gasteiger charge is -2.04. The summed E-state index contributed by atoms with van der Waals surface area (Å²) in [4.78, 5) is 0. The van der Waals surface area contributed by atoms with E-state index < -0.39 is 0 Å². The average molecular weight is 232 g/mol. The predicted molar refractivity (Wildman–Crippen MR) is 70.1 cm³/mol. The second kappa shape index (κ2) is 6.37. The zero-order chi connectivity index (χ0) is 11.9. The molecule has 0 amide bonds. The topological polar surface area (TPSA) is 41.4 Å². The van der Waals surface area contributed by atoms with Crippen molar-refractivity contribution in [3.05, 3.63) is 36.2 Å². The highest BCUT2D eigenvalue weighted by Crippen LogP contribution is 2.08. The van der Waals surface area contributed by atoms with Crippen molar-refractivity contribution >= 4 is 5.52 Å². The Morgan fingerprint density at radius 3 is 2.94 bits per heavy atom. The Hall–Kier alpha value is -1.39. The summed E-state index contributed by atoms with van der Waals surface area (Å²) in [7, 11) is 0. The summed E-state index contributed by atoms with van der Waals surface area (Å²) in [5, 5.41) is 11.1. The van der Waals surface area contributed by atoms with Crippen LogP contribution in [-0.4, -0.2) is 29.2 Å². The SMILES string of the molecule is CCCNCCNCc1cnn2ccccc12. The summed E-state index contributed by atoms with van der Waals surface area (Å²) in [5.41, 5.74) is 2.43. The van der Waals surface area contributed by atoms with Gasteiger partial charge in [0.2, 0.25) is 0 Å². The smallest absolute Gasteiger partial charge is 0.0706 e. The van der Waals surface area contributed by atoms with Crippen LogP contribution < -0.4 is 10.6 Å². The van der Waals surface area contributed by atoms with Gasteiger partial charge in [0.15, 0.2) is 0 Å². The molecule has 2 rings (SSSR count). The number of nitrogens with zero attached hydrogens (tertiary/aromatic N) is 2. The van der Waals surface area contributed by atoms with Crippen LogP contribution >= 0.6 is 0 Å². The van der Waals surface area contributed by atoms with E-state index in [0.29, 0.717) is 0 Å². The zero-order valence-corrected chi connectivity index (χ0v) is 10.3. The van der Waals surface area contributed by atoms with E-state index in [-0.39, 0.29) is 0 Å². The van der Waals surface area contributed by atoms with Crippen molar-refractivity contribution in [2.75, 3.05) is 19.6 Å². The molecule has 0 saturated heterocycles. The van der Waals surface area contributed by atoms with Gasteiger partial charge >= 0.3 is 0 Å². The predicted octanol–water partition coefficient (Wildman–Crippen LogP) is 1.42. The van der Waals surface area contributed by atoms with Crippen LogP contribution in [0.5, 0.6) is 0 Å². The molecular weight excluding hydrogens is 212 g/mol. The molecule has 4 nitrogen and oxygen atoms in total. The molecule has 17 heavy (non-hydrogen) atoms. The molecule has 2 aromatic rings. The minimum absolute atomic E-state index is 0.876. The van der Waals surface area contributed by atoms with Crippen LogP contribution in [0.2, 0.25) is 0 Å². The van der Waals surface area contributed by atoms with E-state index >= 15 is 0 Å².